The van der Waals surface area contributed by atoms with E-state index in [1.807, 2.05) is 36.6 Å². The Bertz CT molecular complexity index is 601. The van der Waals surface area contributed by atoms with Gasteiger partial charge in [0.2, 0.25) is 5.91 Å². The fourth-order valence-electron chi connectivity index (χ4n) is 1.76. The summed E-state index contributed by atoms with van der Waals surface area (Å²) in [5, 5.41) is 5.70. The van der Waals surface area contributed by atoms with Crippen molar-refractivity contribution in [1.82, 2.24) is 4.98 Å². The van der Waals surface area contributed by atoms with Crippen LogP contribution in [0.25, 0.3) is 10.6 Å². The molecule has 1 aromatic carbocycles. The molecule has 0 spiro atoms. The van der Waals surface area contributed by atoms with E-state index in [9.17, 15) is 4.79 Å². The topological polar surface area (TPSA) is 51.2 Å². The van der Waals surface area contributed by atoms with Gasteiger partial charge in [0.1, 0.15) is 5.01 Å². The standard InChI is InChI=1S/C15H17ClN2O2S/c1-2-20-7-6-14(19)17-12-5-3-4-11(8-12)15-18-13(9-16)10-21-15/h3-5,8,10H,2,6-7,9H2,1H3,(H,17,19). The summed E-state index contributed by atoms with van der Waals surface area (Å²) < 4.78 is 5.17. The molecule has 0 radical (unpaired) electrons. The van der Waals surface area contributed by atoms with Crippen LogP contribution in [0, 0.1) is 0 Å². The van der Waals surface area contributed by atoms with Gasteiger partial charge in [-0.05, 0) is 19.1 Å². The van der Waals surface area contributed by atoms with E-state index >= 15 is 0 Å². The minimum absolute atomic E-state index is 0.0545. The number of thiazole rings is 1. The Kier molecular flexibility index (Phi) is 6.17. The molecule has 0 aliphatic heterocycles. The summed E-state index contributed by atoms with van der Waals surface area (Å²) in [6.45, 7) is 2.97. The van der Waals surface area contributed by atoms with Crippen LogP contribution in [0.1, 0.15) is 19.0 Å². The van der Waals surface area contributed by atoms with Crippen LogP contribution in [-0.4, -0.2) is 24.1 Å². The average Bonchev–Trinajstić information content (AvgIpc) is 2.97. The van der Waals surface area contributed by atoms with E-state index in [2.05, 4.69) is 10.3 Å². The third-order valence-corrected chi connectivity index (χ3v) is 3.97. The molecule has 6 heteroatoms. The molecule has 0 saturated heterocycles. The average molecular weight is 325 g/mol. The summed E-state index contributed by atoms with van der Waals surface area (Å²) in [7, 11) is 0. The summed E-state index contributed by atoms with van der Waals surface area (Å²) in [5.74, 6) is 0.353. The number of carbonyl (C=O) groups is 1. The Balaban J connectivity index is 2.02. The van der Waals surface area contributed by atoms with Crippen molar-refractivity contribution in [2.24, 2.45) is 0 Å². The van der Waals surface area contributed by atoms with Crippen molar-refractivity contribution in [3.05, 3.63) is 35.3 Å². The van der Waals surface area contributed by atoms with Gasteiger partial charge in [-0.25, -0.2) is 4.98 Å². The molecule has 1 amide bonds. The lowest BCUT2D eigenvalue weighted by Gasteiger charge is -2.06. The first-order chi connectivity index (χ1) is 10.2. The second-order valence-electron chi connectivity index (χ2n) is 4.35. The normalized spacial score (nSPS) is 10.6. The third kappa shape index (κ3) is 4.81. The van der Waals surface area contributed by atoms with E-state index < -0.39 is 0 Å². The first-order valence-electron chi connectivity index (χ1n) is 6.71. The lowest BCUT2D eigenvalue weighted by molar-refractivity contribution is -0.117. The van der Waals surface area contributed by atoms with Crippen LogP contribution in [0.15, 0.2) is 29.6 Å². The lowest BCUT2D eigenvalue weighted by atomic mass is 10.2. The zero-order valence-electron chi connectivity index (χ0n) is 11.8. The second-order valence-corrected chi connectivity index (χ2v) is 5.48. The van der Waals surface area contributed by atoms with E-state index in [1.54, 1.807) is 11.3 Å². The van der Waals surface area contributed by atoms with Crippen LogP contribution < -0.4 is 5.32 Å². The van der Waals surface area contributed by atoms with Gasteiger partial charge in [0.15, 0.2) is 0 Å². The van der Waals surface area contributed by atoms with Crippen LogP contribution in [0.4, 0.5) is 5.69 Å². The maximum Gasteiger partial charge on any atom is 0.226 e. The van der Waals surface area contributed by atoms with Crippen molar-refractivity contribution in [1.29, 1.82) is 0 Å². The first kappa shape index (κ1) is 15.9. The SMILES string of the molecule is CCOCCC(=O)Nc1cccc(-c2nc(CCl)cs2)c1. The van der Waals surface area contributed by atoms with Crippen molar-refractivity contribution in [2.75, 3.05) is 18.5 Å². The number of carbonyl (C=O) groups excluding carboxylic acids is 1. The quantitative estimate of drug-likeness (QED) is 0.620. The van der Waals surface area contributed by atoms with E-state index in [4.69, 9.17) is 16.3 Å². The van der Waals surface area contributed by atoms with E-state index in [0.717, 1.165) is 22.0 Å². The number of anilines is 1. The molecule has 0 unspecified atom stereocenters. The van der Waals surface area contributed by atoms with Gasteiger partial charge >= 0.3 is 0 Å². The number of hydrogen-bond acceptors (Lipinski definition) is 4. The van der Waals surface area contributed by atoms with Gasteiger partial charge in [-0.3, -0.25) is 4.79 Å². The number of nitrogens with zero attached hydrogens (tertiary/aromatic N) is 1. The van der Waals surface area contributed by atoms with Gasteiger partial charge in [0.25, 0.3) is 0 Å². The summed E-state index contributed by atoms with van der Waals surface area (Å²) in [6, 6.07) is 7.63. The highest BCUT2D eigenvalue weighted by molar-refractivity contribution is 7.13. The van der Waals surface area contributed by atoms with Crippen molar-refractivity contribution in [2.45, 2.75) is 19.2 Å². The minimum Gasteiger partial charge on any atom is -0.381 e. The van der Waals surface area contributed by atoms with Gasteiger partial charge in [0.05, 0.1) is 24.6 Å². The molecule has 0 saturated carbocycles. The van der Waals surface area contributed by atoms with Crippen LogP contribution >= 0.6 is 22.9 Å². The second kappa shape index (κ2) is 8.12. The highest BCUT2D eigenvalue weighted by atomic mass is 35.5. The number of ether oxygens (including phenoxy) is 1. The van der Waals surface area contributed by atoms with Crippen LogP contribution in [-0.2, 0) is 15.4 Å². The number of benzene rings is 1. The Hall–Kier alpha value is -1.43. The van der Waals surface area contributed by atoms with Crippen LogP contribution in [0.3, 0.4) is 0 Å². The fourth-order valence-corrected chi connectivity index (χ4v) is 2.81. The lowest BCUT2D eigenvalue weighted by Crippen LogP contribution is -2.14. The van der Waals surface area contributed by atoms with Gasteiger partial charge in [-0.1, -0.05) is 12.1 Å². The van der Waals surface area contributed by atoms with Crippen LogP contribution in [0.5, 0.6) is 0 Å². The largest absolute Gasteiger partial charge is 0.381 e. The maximum absolute atomic E-state index is 11.8. The molecule has 2 rings (SSSR count). The van der Waals surface area contributed by atoms with Gasteiger partial charge in [-0.15, -0.1) is 22.9 Å². The molecular formula is C15H17ClN2O2S. The number of nitrogens with one attached hydrogen (secondary N) is 1. The van der Waals surface area contributed by atoms with Crippen molar-refractivity contribution in [3.63, 3.8) is 0 Å². The molecule has 0 aliphatic carbocycles. The molecule has 112 valence electrons. The summed E-state index contributed by atoms with van der Waals surface area (Å²) in [4.78, 5) is 16.2. The van der Waals surface area contributed by atoms with Crippen molar-refractivity contribution < 1.29 is 9.53 Å². The molecule has 1 heterocycles. The van der Waals surface area contributed by atoms with Crippen LogP contribution in [0.2, 0.25) is 0 Å². The molecule has 1 N–H and O–H groups in total. The number of halogens is 1. The maximum atomic E-state index is 11.8. The number of amides is 1. The highest BCUT2D eigenvalue weighted by Crippen LogP contribution is 2.26. The molecule has 0 bridgehead atoms. The van der Waals surface area contributed by atoms with Gasteiger partial charge in [-0.2, -0.15) is 0 Å². The van der Waals surface area contributed by atoms with Crippen molar-refractivity contribution >= 4 is 34.5 Å². The number of hydrogen-bond donors (Lipinski definition) is 1. The third-order valence-electron chi connectivity index (χ3n) is 2.76. The Morgan fingerprint density at radius 3 is 3.05 bits per heavy atom. The summed E-state index contributed by atoms with van der Waals surface area (Å²) in [6.07, 6.45) is 0.353. The first-order valence-corrected chi connectivity index (χ1v) is 8.12. The minimum atomic E-state index is -0.0545. The van der Waals surface area contributed by atoms with Gasteiger partial charge in [0, 0.05) is 23.2 Å². The number of aromatic nitrogens is 1. The monoisotopic (exact) mass is 324 g/mol. The molecule has 1 aromatic heterocycles. The Morgan fingerprint density at radius 2 is 2.33 bits per heavy atom. The van der Waals surface area contributed by atoms with E-state index in [1.165, 1.54) is 0 Å². The summed E-state index contributed by atoms with van der Waals surface area (Å²) >= 11 is 7.31. The zero-order chi connectivity index (χ0) is 15.1. The fraction of sp³-hybridized carbons (Fsp3) is 0.333. The molecule has 4 nitrogen and oxygen atoms in total. The number of alkyl halides is 1. The molecular weight excluding hydrogens is 308 g/mol. The summed E-state index contributed by atoms with van der Waals surface area (Å²) in [5.41, 5.74) is 2.60. The molecule has 0 aliphatic rings. The predicted octanol–water partition coefficient (Wildman–Crippen LogP) is 3.91. The Labute approximate surface area is 133 Å². The van der Waals surface area contributed by atoms with Gasteiger partial charge < -0.3 is 10.1 Å². The highest BCUT2D eigenvalue weighted by Gasteiger charge is 2.07. The smallest absolute Gasteiger partial charge is 0.226 e. The molecule has 21 heavy (non-hydrogen) atoms. The number of rotatable bonds is 7. The van der Waals surface area contributed by atoms with E-state index in [0.29, 0.717) is 25.5 Å². The van der Waals surface area contributed by atoms with Crippen molar-refractivity contribution in [3.8, 4) is 10.6 Å². The zero-order valence-corrected chi connectivity index (χ0v) is 13.3. The molecule has 0 atom stereocenters. The predicted molar refractivity (Wildman–Crippen MR) is 86.8 cm³/mol. The Morgan fingerprint density at radius 1 is 1.48 bits per heavy atom. The molecule has 2 aromatic rings. The molecule has 0 fully saturated rings. The van der Waals surface area contributed by atoms with E-state index in [-0.39, 0.29) is 5.91 Å².